The topological polar surface area (TPSA) is 67.9 Å². The first-order chi connectivity index (χ1) is 12.1. The molecule has 3 aromatic rings. The van der Waals surface area contributed by atoms with Gasteiger partial charge in [-0.25, -0.2) is 0 Å². The monoisotopic (exact) mass is 355 g/mol. The Morgan fingerprint density at radius 3 is 3.04 bits per heavy atom. The summed E-state index contributed by atoms with van der Waals surface area (Å²) >= 11 is 6.15. The van der Waals surface area contributed by atoms with Crippen molar-refractivity contribution in [2.24, 2.45) is 7.05 Å². The van der Waals surface area contributed by atoms with Crippen molar-refractivity contribution in [1.82, 2.24) is 20.2 Å². The smallest absolute Gasteiger partial charge is 0.0738 e. The number of nitrogen functional groups attached to an aromatic ring is 1. The van der Waals surface area contributed by atoms with E-state index in [9.17, 15) is 0 Å². The molecule has 1 aliphatic heterocycles. The van der Waals surface area contributed by atoms with Crippen LogP contribution in [0, 0.1) is 0 Å². The Hall–Kier alpha value is -2.08. The molecule has 0 bridgehead atoms. The third-order valence-electron chi connectivity index (χ3n) is 4.93. The van der Waals surface area contributed by atoms with E-state index in [-0.39, 0.29) is 0 Å². The van der Waals surface area contributed by atoms with Gasteiger partial charge in [0.25, 0.3) is 0 Å². The van der Waals surface area contributed by atoms with Gasteiger partial charge in [-0.05, 0) is 42.8 Å². The minimum Gasteiger partial charge on any atom is -0.396 e. The highest BCUT2D eigenvalue weighted by molar-refractivity contribution is 6.31. The van der Waals surface area contributed by atoms with Gasteiger partial charge in [0.15, 0.2) is 0 Å². The molecule has 3 heterocycles. The second-order valence-corrected chi connectivity index (χ2v) is 7.07. The predicted molar refractivity (Wildman–Crippen MR) is 104 cm³/mol. The zero-order valence-corrected chi connectivity index (χ0v) is 15.0. The Morgan fingerprint density at radius 2 is 2.24 bits per heavy atom. The van der Waals surface area contributed by atoms with Gasteiger partial charge in [0.05, 0.1) is 16.9 Å². The largest absolute Gasteiger partial charge is 0.396 e. The number of hydrogen-bond acceptors (Lipinski definition) is 4. The number of pyridine rings is 1. The van der Waals surface area contributed by atoms with E-state index in [1.807, 2.05) is 37.6 Å². The molecule has 1 fully saturated rings. The van der Waals surface area contributed by atoms with Gasteiger partial charge in [-0.1, -0.05) is 11.6 Å². The number of rotatable bonds is 4. The van der Waals surface area contributed by atoms with Crippen molar-refractivity contribution in [3.8, 4) is 11.3 Å². The number of benzene rings is 1. The molecule has 1 saturated heterocycles. The van der Waals surface area contributed by atoms with Gasteiger partial charge in [-0.15, -0.1) is 0 Å². The summed E-state index contributed by atoms with van der Waals surface area (Å²) in [7, 11) is 2.01. The van der Waals surface area contributed by atoms with E-state index in [1.165, 1.54) is 6.42 Å². The fraction of sp³-hybridized carbons (Fsp3) is 0.316. The fourth-order valence-electron chi connectivity index (χ4n) is 3.59. The Labute approximate surface area is 152 Å². The number of fused-ring (bicyclic) bond motifs is 1. The molecule has 2 aromatic heterocycles. The molecule has 0 unspecified atom stereocenters. The van der Waals surface area contributed by atoms with E-state index in [2.05, 4.69) is 26.3 Å². The Kier molecular flexibility index (Phi) is 4.37. The molecule has 0 amide bonds. The molecule has 130 valence electrons. The van der Waals surface area contributed by atoms with E-state index < -0.39 is 0 Å². The summed E-state index contributed by atoms with van der Waals surface area (Å²) in [4.78, 5) is 4.43. The quantitative estimate of drug-likeness (QED) is 0.673. The minimum atomic E-state index is 0.536. The van der Waals surface area contributed by atoms with Crippen LogP contribution in [-0.2, 0) is 13.6 Å². The number of nitrogens with one attached hydrogen (secondary N) is 2. The van der Waals surface area contributed by atoms with Crippen molar-refractivity contribution < 1.29 is 0 Å². The van der Waals surface area contributed by atoms with Gasteiger partial charge >= 0.3 is 0 Å². The van der Waals surface area contributed by atoms with Gasteiger partial charge in [-0.2, -0.15) is 0 Å². The number of nitrogens with two attached hydrogens (primary N) is 1. The van der Waals surface area contributed by atoms with Crippen LogP contribution < -0.4 is 16.4 Å². The highest BCUT2D eigenvalue weighted by atomic mass is 35.5. The number of aromatic nitrogens is 2. The summed E-state index contributed by atoms with van der Waals surface area (Å²) in [5, 5.41) is 8.68. The highest BCUT2D eigenvalue weighted by Crippen LogP contribution is 2.36. The first kappa shape index (κ1) is 16.4. The summed E-state index contributed by atoms with van der Waals surface area (Å²) < 4.78 is 2.09. The number of aryl methyl sites for hydroxylation is 1. The van der Waals surface area contributed by atoms with Crippen LogP contribution >= 0.6 is 11.6 Å². The van der Waals surface area contributed by atoms with Crippen molar-refractivity contribution in [1.29, 1.82) is 0 Å². The van der Waals surface area contributed by atoms with Crippen LogP contribution in [0.4, 0.5) is 5.69 Å². The Morgan fingerprint density at radius 1 is 1.36 bits per heavy atom. The number of nitrogens with zero attached hydrogens (tertiary/aromatic N) is 2. The van der Waals surface area contributed by atoms with E-state index in [1.54, 1.807) is 0 Å². The Bertz CT molecular complexity index is 912. The lowest BCUT2D eigenvalue weighted by Gasteiger charge is -2.12. The van der Waals surface area contributed by atoms with Gasteiger partial charge in [0.2, 0.25) is 0 Å². The van der Waals surface area contributed by atoms with Crippen molar-refractivity contribution in [3.05, 3.63) is 47.2 Å². The van der Waals surface area contributed by atoms with Gasteiger partial charge in [0.1, 0.15) is 0 Å². The molecule has 6 heteroatoms. The summed E-state index contributed by atoms with van der Waals surface area (Å²) in [6.45, 7) is 2.93. The van der Waals surface area contributed by atoms with Crippen LogP contribution in [0.15, 0.2) is 36.7 Å². The van der Waals surface area contributed by atoms with Gasteiger partial charge in [-0.3, -0.25) is 4.98 Å². The Balaban J connectivity index is 1.67. The predicted octanol–water partition coefficient (Wildman–Crippen LogP) is 2.93. The van der Waals surface area contributed by atoms with Crippen molar-refractivity contribution in [3.63, 3.8) is 0 Å². The first-order valence-corrected chi connectivity index (χ1v) is 8.93. The second kappa shape index (κ2) is 6.67. The molecule has 4 rings (SSSR count). The molecular formula is C19H22ClN5. The summed E-state index contributed by atoms with van der Waals surface area (Å²) in [5.41, 5.74) is 11.4. The average Bonchev–Trinajstić information content (AvgIpc) is 3.21. The fourth-order valence-corrected chi connectivity index (χ4v) is 3.76. The number of halogens is 1. The van der Waals surface area contributed by atoms with E-state index in [4.69, 9.17) is 17.3 Å². The summed E-state index contributed by atoms with van der Waals surface area (Å²) in [5.74, 6) is 0. The molecular weight excluding hydrogens is 334 g/mol. The number of hydrogen-bond donors (Lipinski definition) is 3. The van der Waals surface area contributed by atoms with Gasteiger partial charge < -0.3 is 20.9 Å². The maximum absolute atomic E-state index is 6.43. The molecule has 0 saturated carbocycles. The van der Waals surface area contributed by atoms with Crippen molar-refractivity contribution in [2.75, 3.05) is 18.8 Å². The van der Waals surface area contributed by atoms with Crippen LogP contribution in [0.5, 0.6) is 0 Å². The lowest BCUT2D eigenvalue weighted by atomic mass is 10.1. The van der Waals surface area contributed by atoms with E-state index >= 15 is 0 Å². The van der Waals surface area contributed by atoms with Crippen molar-refractivity contribution >= 4 is 28.2 Å². The molecule has 25 heavy (non-hydrogen) atoms. The highest BCUT2D eigenvalue weighted by Gasteiger charge is 2.16. The molecule has 5 nitrogen and oxygen atoms in total. The van der Waals surface area contributed by atoms with Crippen LogP contribution in [0.1, 0.15) is 12.0 Å². The van der Waals surface area contributed by atoms with E-state index in [0.29, 0.717) is 11.1 Å². The zero-order chi connectivity index (χ0) is 17.4. The summed E-state index contributed by atoms with van der Waals surface area (Å²) in [6, 6.07) is 8.49. The van der Waals surface area contributed by atoms with Crippen LogP contribution in [0.3, 0.4) is 0 Å². The third-order valence-corrected chi connectivity index (χ3v) is 5.16. The third kappa shape index (κ3) is 3.11. The van der Waals surface area contributed by atoms with Crippen LogP contribution in [0.2, 0.25) is 5.02 Å². The minimum absolute atomic E-state index is 0.536. The second-order valence-electron chi connectivity index (χ2n) is 6.64. The molecule has 4 N–H and O–H groups in total. The SMILES string of the molecule is Cn1c(-c2cncc(CN[C@@H]3CCNC3)c2)c(N)c2ccc(Cl)cc21. The zero-order valence-electron chi connectivity index (χ0n) is 14.2. The molecule has 1 aromatic carbocycles. The van der Waals surface area contributed by atoms with Gasteiger partial charge in [0, 0.05) is 54.5 Å². The standard InChI is InChI=1S/C19H22ClN5/c1-25-17-7-14(20)2-3-16(17)18(21)19(25)13-6-12(8-23-10-13)9-24-15-4-5-22-11-15/h2-3,6-8,10,15,22,24H,4-5,9,11,21H2,1H3/t15-/m1/s1. The molecule has 0 aliphatic carbocycles. The maximum Gasteiger partial charge on any atom is 0.0738 e. The van der Waals surface area contributed by atoms with Crippen LogP contribution in [-0.4, -0.2) is 28.7 Å². The lowest BCUT2D eigenvalue weighted by Crippen LogP contribution is -2.30. The van der Waals surface area contributed by atoms with Crippen molar-refractivity contribution in [2.45, 2.75) is 19.0 Å². The molecule has 0 spiro atoms. The van der Waals surface area contributed by atoms with Crippen LogP contribution in [0.25, 0.3) is 22.2 Å². The lowest BCUT2D eigenvalue weighted by molar-refractivity contribution is 0.547. The maximum atomic E-state index is 6.43. The first-order valence-electron chi connectivity index (χ1n) is 8.55. The van der Waals surface area contributed by atoms with E-state index in [0.717, 1.165) is 53.0 Å². The molecule has 1 aliphatic rings. The summed E-state index contributed by atoms with van der Waals surface area (Å²) in [6.07, 6.45) is 4.95. The number of anilines is 1. The molecule has 0 radical (unpaired) electrons. The average molecular weight is 356 g/mol. The molecule has 1 atom stereocenters. The normalized spacial score (nSPS) is 17.4.